The average Bonchev–Trinajstić information content (AvgIpc) is 2.42. The molecule has 0 aliphatic carbocycles. The van der Waals surface area contributed by atoms with Gasteiger partial charge in [-0.05, 0) is 19.3 Å². The van der Waals surface area contributed by atoms with E-state index in [2.05, 4.69) is 4.72 Å². The molecule has 2 rings (SSSR count). The summed E-state index contributed by atoms with van der Waals surface area (Å²) in [6.45, 7) is 0. The van der Waals surface area contributed by atoms with E-state index in [1.165, 1.54) is 0 Å². The van der Waals surface area contributed by atoms with Gasteiger partial charge in [0.05, 0.1) is 18.2 Å². The molecule has 2 aliphatic heterocycles. The summed E-state index contributed by atoms with van der Waals surface area (Å²) in [7, 11) is -3.56. The highest BCUT2D eigenvalue weighted by atomic mass is 32.2. The normalized spacial score (nSPS) is 40.6. The van der Waals surface area contributed by atoms with Crippen LogP contribution in [-0.4, -0.2) is 26.7 Å². The maximum atomic E-state index is 10.7. The van der Waals surface area contributed by atoms with Crippen molar-refractivity contribution >= 4 is 10.2 Å². The average molecular weight is 192 g/mol. The van der Waals surface area contributed by atoms with Crippen LogP contribution in [0, 0.1) is 0 Å². The highest BCUT2D eigenvalue weighted by molar-refractivity contribution is 7.87. The summed E-state index contributed by atoms with van der Waals surface area (Å²) in [4.78, 5) is 0. The summed E-state index contributed by atoms with van der Waals surface area (Å²) < 4.78 is 29.2. The fraction of sp³-hybridized carbons (Fsp3) is 1.00. The van der Waals surface area contributed by atoms with Crippen molar-refractivity contribution in [2.24, 2.45) is 5.14 Å². The Hall–Kier alpha value is -0.170. The van der Waals surface area contributed by atoms with Gasteiger partial charge in [0, 0.05) is 0 Å². The van der Waals surface area contributed by atoms with E-state index in [4.69, 9.17) is 9.88 Å². The first kappa shape index (κ1) is 8.43. The highest BCUT2D eigenvalue weighted by Gasteiger charge is 2.41. The van der Waals surface area contributed by atoms with E-state index < -0.39 is 10.2 Å². The van der Waals surface area contributed by atoms with Crippen LogP contribution < -0.4 is 9.86 Å². The molecule has 0 aromatic rings. The minimum Gasteiger partial charge on any atom is -0.373 e. The van der Waals surface area contributed by atoms with Crippen molar-refractivity contribution in [1.82, 2.24) is 4.72 Å². The number of nitrogens with two attached hydrogens (primary N) is 1. The van der Waals surface area contributed by atoms with Crippen molar-refractivity contribution in [3.8, 4) is 0 Å². The Balaban J connectivity index is 2.00. The van der Waals surface area contributed by atoms with Crippen LogP contribution in [0.3, 0.4) is 0 Å². The van der Waals surface area contributed by atoms with Crippen molar-refractivity contribution in [3.05, 3.63) is 0 Å². The van der Waals surface area contributed by atoms with Gasteiger partial charge < -0.3 is 4.74 Å². The quantitative estimate of drug-likeness (QED) is 0.595. The molecule has 3 N–H and O–H groups in total. The molecule has 2 aliphatic rings. The predicted octanol–water partition coefficient (Wildman–Crippen LogP) is -0.901. The van der Waals surface area contributed by atoms with Gasteiger partial charge in [-0.3, -0.25) is 0 Å². The van der Waals surface area contributed by atoms with Crippen molar-refractivity contribution in [2.75, 3.05) is 0 Å². The van der Waals surface area contributed by atoms with E-state index in [0.717, 1.165) is 19.3 Å². The van der Waals surface area contributed by atoms with E-state index in [9.17, 15) is 8.42 Å². The van der Waals surface area contributed by atoms with Gasteiger partial charge in [-0.1, -0.05) is 0 Å². The minimum absolute atomic E-state index is 0.0494. The van der Waals surface area contributed by atoms with Crippen molar-refractivity contribution in [3.63, 3.8) is 0 Å². The molecular weight excluding hydrogens is 180 g/mol. The zero-order valence-corrected chi connectivity index (χ0v) is 7.38. The summed E-state index contributed by atoms with van der Waals surface area (Å²) in [6, 6.07) is -0.0984. The van der Waals surface area contributed by atoms with Gasteiger partial charge >= 0.3 is 0 Å². The first-order valence-corrected chi connectivity index (χ1v) is 5.55. The summed E-state index contributed by atoms with van der Waals surface area (Å²) in [5, 5.41) is 4.85. The molecule has 6 heteroatoms. The number of fused-ring (bicyclic) bond motifs is 2. The standard InChI is InChI=1S/C6H12N2O3S/c7-12(9,10)8-5-3-4-1-2-6(5)11-4/h4-6,8H,1-3H2,(H2,7,9,10). The van der Waals surface area contributed by atoms with E-state index in [0.29, 0.717) is 0 Å². The molecule has 0 saturated carbocycles. The van der Waals surface area contributed by atoms with Crippen LogP contribution in [0.15, 0.2) is 0 Å². The maximum Gasteiger partial charge on any atom is 0.274 e. The van der Waals surface area contributed by atoms with Gasteiger partial charge in [0.25, 0.3) is 10.2 Å². The van der Waals surface area contributed by atoms with Gasteiger partial charge in [0.15, 0.2) is 0 Å². The molecule has 2 saturated heterocycles. The van der Waals surface area contributed by atoms with Crippen LogP contribution in [-0.2, 0) is 14.9 Å². The Kier molecular flexibility index (Phi) is 1.87. The first-order chi connectivity index (χ1) is 5.54. The van der Waals surface area contributed by atoms with E-state index in [-0.39, 0.29) is 18.2 Å². The van der Waals surface area contributed by atoms with E-state index >= 15 is 0 Å². The van der Waals surface area contributed by atoms with Gasteiger partial charge in [0.2, 0.25) is 0 Å². The van der Waals surface area contributed by atoms with Gasteiger partial charge in [-0.15, -0.1) is 0 Å². The lowest BCUT2D eigenvalue weighted by Gasteiger charge is -2.17. The van der Waals surface area contributed by atoms with Crippen LogP contribution in [0.2, 0.25) is 0 Å². The molecule has 70 valence electrons. The third-order valence-electron chi connectivity index (χ3n) is 2.42. The number of hydrogen-bond acceptors (Lipinski definition) is 3. The number of rotatable bonds is 2. The Morgan fingerprint density at radius 1 is 1.42 bits per heavy atom. The fourth-order valence-electron chi connectivity index (χ4n) is 1.97. The summed E-state index contributed by atoms with van der Waals surface area (Å²) >= 11 is 0. The van der Waals surface area contributed by atoms with Crippen LogP contribution >= 0.6 is 0 Å². The molecule has 5 nitrogen and oxygen atoms in total. The van der Waals surface area contributed by atoms with Crippen molar-refractivity contribution < 1.29 is 13.2 Å². The Morgan fingerprint density at radius 3 is 2.58 bits per heavy atom. The molecule has 3 atom stereocenters. The predicted molar refractivity (Wildman–Crippen MR) is 42.5 cm³/mol. The zero-order valence-electron chi connectivity index (χ0n) is 6.56. The summed E-state index contributed by atoms with van der Waals surface area (Å²) in [5.74, 6) is 0. The third kappa shape index (κ3) is 1.61. The second kappa shape index (κ2) is 2.66. The molecule has 0 aromatic heterocycles. The summed E-state index contributed by atoms with van der Waals surface area (Å²) in [5.41, 5.74) is 0. The Bertz CT molecular complexity index is 277. The molecule has 2 bridgehead atoms. The lowest BCUT2D eigenvalue weighted by atomic mass is 9.96. The third-order valence-corrected chi connectivity index (χ3v) is 3.05. The topological polar surface area (TPSA) is 81.4 Å². The molecular formula is C6H12N2O3S. The molecule has 0 radical (unpaired) electrons. The minimum atomic E-state index is -3.56. The lowest BCUT2D eigenvalue weighted by Crippen LogP contribution is -2.44. The van der Waals surface area contributed by atoms with E-state index in [1.54, 1.807) is 0 Å². The number of hydrogen-bond donors (Lipinski definition) is 2. The molecule has 2 fully saturated rings. The van der Waals surface area contributed by atoms with Gasteiger partial charge in [-0.25, -0.2) is 5.14 Å². The van der Waals surface area contributed by atoms with Crippen LogP contribution in [0.1, 0.15) is 19.3 Å². The second-order valence-corrected chi connectivity index (χ2v) is 4.70. The van der Waals surface area contributed by atoms with Gasteiger partial charge in [-0.2, -0.15) is 13.1 Å². The van der Waals surface area contributed by atoms with Crippen LogP contribution in [0.25, 0.3) is 0 Å². The number of ether oxygens (including phenoxy) is 1. The Morgan fingerprint density at radius 2 is 2.17 bits per heavy atom. The SMILES string of the molecule is NS(=O)(=O)NC1CC2CCC1O2. The van der Waals surface area contributed by atoms with Crippen LogP contribution in [0.5, 0.6) is 0 Å². The molecule has 2 heterocycles. The maximum absolute atomic E-state index is 10.7. The first-order valence-electron chi connectivity index (χ1n) is 4.00. The zero-order chi connectivity index (χ0) is 8.77. The lowest BCUT2D eigenvalue weighted by molar-refractivity contribution is 0.0996. The van der Waals surface area contributed by atoms with Gasteiger partial charge in [0.1, 0.15) is 0 Å². The van der Waals surface area contributed by atoms with E-state index in [1.807, 2.05) is 0 Å². The highest BCUT2D eigenvalue weighted by Crippen LogP contribution is 2.34. The fourth-order valence-corrected chi connectivity index (χ4v) is 2.64. The second-order valence-electron chi connectivity index (χ2n) is 3.38. The van der Waals surface area contributed by atoms with Crippen molar-refractivity contribution in [1.29, 1.82) is 0 Å². The molecule has 0 amide bonds. The largest absolute Gasteiger partial charge is 0.373 e. The molecule has 0 aromatic carbocycles. The Labute approximate surface area is 71.5 Å². The monoisotopic (exact) mass is 192 g/mol. The van der Waals surface area contributed by atoms with Crippen molar-refractivity contribution in [2.45, 2.75) is 37.5 Å². The van der Waals surface area contributed by atoms with Crippen LogP contribution in [0.4, 0.5) is 0 Å². The smallest absolute Gasteiger partial charge is 0.274 e. The molecule has 0 spiro atoms. The summed E-state index contributed by atoms with van der Waals surface area (Å²) in [6.07, 6.45) is 3.05. The molecule has 3 unspecified atom stereocenters. The number of nitrogens with one attached hydrogen (secondary N) is 1. The molecule has 12 heavy (non-hydrogen) atoms.